The SMILES string of the molecule is CCCCCn1c(NC2CC2)cc(=O)n2cc(-c3ccc(Cl)cc3)nc12. The van der Waals surface area contributed by atoms with Gasteiger partial charge in [0.1, 0.15) is 5.82 Å². The third-order valence-corrected chi connectivity index (χ3v) is 5.02. The van der Waals surface area contributed by atoms with Gasteiger partial charge in [-0.15, -0.1) is 0 Å². The van der Waals surface area contributed by atoms with Crippen molar-refractivity contribution in [3.05, 3.63) is 51.9 Å². The Balaban J connectivity index is 1.80. The Bertz CT molecular complexity index is 970. The van der Waals surface area contributed by atoms with Gasteiger partial charge < -0.3 is 5.32 Å². The van der Waals surface area contributed by atoms with Gasteiger partial charge in [-0.1, -0.05) is 43.5 Å². The molecule has 6 heteroatoms. The highest BCUT2D eigenvalue weighted by molar-refractivity contribution is 6.30. The van der Waals surface area contributed by atoms with Gasteiger partial charge >= 0.3 is 0 Å². The first-order chi connectivity index (χ1) is 12.7. The Hall–Kier alpha value is -2.27. The first-order valence-electron chi connectivity index (χ1n) is 9.31. The summed E-state index contributed by atoms with van der Waals surface area (Å²) in [6, 6.07) is 9.73. The summed E-state index contributed by atoms with van der Waals surface area (Å²) < 4.78 is 3.79. The van der Waals surface area contributed by atoms with Crippen LogP contribution in [-0.4, -0.2) is 20.0 Å². The molecule has 3 aromatic rings. The molecule has 4 rings (SSSR count). The van der Waals surface area contributed by atoms with E-state index in [1.54, 1.807) is 10.5 Å². The highest BCUT2D eigenvalue weighted by Crippen LogP contribution is 2.26. The Morgan fingerprint density at radius 3 is 2.69 bits per heavy atom. The number of aromatic nitrogens is 3. The second-order valence-corrected chi connectivity index (χ2v) is 7.38. The highest BCUT2D eigenvalue weighted by atomic mass is 35.5. The lowest BCUT2D eigenvalue weighted by Crippen LogP contribution is -2.21. The molecule has 0 amide bonds. The van der Waals surface area contributed by atoms with Gasteiger partial charge in [0.25, 0.3) is 5.56 Å². The molecule has 1 fully saturated rings. The monoisotopic (exact) mass is 370 g/mol. The van der Waals surface area contributed by atoms with Gasteiger partial charge in [-0.2, -0.15) is 0 Å². The molecular weight excluding hydrogens is 348 g/mol. The van der Waals surface area contributed by atoms with Gasteiger partial charge in [0, 0.05) is 35.4 Å². The van der Waals surface area contributed by atoms with Crippen molar-refractivity contribution in [2.75, 3.05) is 5.32 Å². The number of hydrogen-bond acceptors (Lipinski definition) is 3. The van der Waals surface area contributed by atoms with E-state index >= 15 is 0 Å². The lowest BCUT2D eigenvalue weighted by atomic mass is 10.2. The highest BCUT2D eigenvalue weighted by Gasteiger charge is 2.23. The van der Waals surface area contributed by atoms with E-state index in [9.17, 15) is 4.79 Å². The molecule has 136 valence electrons. The molecule has 0 spiro atoms. The van der Waals surface area contributed by atoms with Gasteiger partial charge in [0.05, 0.1) is 5.69 Å². The van der Waals surface area contributed by atoms with E-state index in [1.807, 2.05) is 30.5 Å². The van der Waals surface area contributed by atoms with E-state index in [0.29, 0.717) is 16.8 Å². The maximum atomic E-state index is 12.6. The van der Waals surface area contributed by atoms with Crippen molar-refractivity contribution in [1.29, 1.82) is 0 Å². The number of aryl methyl sites for hydroxylation is 1. The average molecular weight is 371 g/mol. The van der Waals surface area contributed by atoms with Crippen LogP contribution in [0.3, 0.4) is 0 Å². The molecule has 0 unspecified atom stereocenters. The summed E-state index contributed by atoms with van der Waals surface area (Å²) in [6.07, 6.45) is 7.53. The molecule has 1 aliphatic carbocycles. The van der Waals surface area contributed by atoms with E-state index in [-0.39, 0.29) is 5.56 Å². The molecule has 1 saturated carbocycles. The summed E-state index contributed by atoms with van der Waals surface area (Å²) in [7, 11) is 0. The summed E-state index contributed by atoms with van der Waals surface area (Å²) in [5, 5.41) is 4.18. The van der Waals surface area contributed by atoms with Crippen LogP contribution in [0.2, 0.25) is 5.02 Å². The predicted molar refractivity (Wildman–Crippen MR) is 106 cm³/mol. The van der Waals surface area contributed by atoms with Crippen LogP contribution >= 0.6 is 11.6 Å². The molecule has 26 heavy (non-hydrogen) atoms. The van der Waals surface area contributed by atoms with Crippen molar-refractivity contribution >= 4 is 23.2 Å². The van der Waals surface area contributed by atoms with E-state index < -0.39 is 0 Å². The van der Waals surface area contributed by atoms with Crippen LogP contribution in [0.15, 0.2) is 41.3 Å². The molecule has 0 atom stereocenters. The minimum Gasteiger partial charge on any atom is -0.368 e. The summed E-state index contributed by atoms with van der Waals surface area (Å²) in [6.45, 7) is 3.04. The number of benzene rings is 1. The predicted octanol–water partition coefficient (Wildman–Crippen LogP) is 4.58. The summed E-state index contributed by atoms with van der Waals surface area (Å²) in [4.78, 5) is 17.4. The van der Waals surface area contributed by atoms with Crippen molar-refractivity contribution in [2.24, 2.45) is 0 Å². The van der Waals surface area contributed by atoms with Crippen LogP contribution in [0, 0.1) is 0 Å². The van der Waals surface area contributed by atoms with E-state index in [2.05, 4.69) is 16.8 Å². The summed E-state index contributed by atoms with van der Waals surface area (Å²) in [5.41, 5.74) is 1.68. The van der Waals surface area contributed by atoms with Gasteiger partial charge in [0.2, 0.25) is 5.78 Å². The van der Waals surface area contributed by atoms with Crippen LogP contribution < -0.4 is 10.9 Å². The molecule has 2 aromatic heterocycles. The van der Waals surface area contributed by atoms with Gasteiger partial charge in [-0.05, 0) is 31.4 Å². The third kappa shape index (κ3) is 3.49. The second kappa shape index (κ2) is 7.16. The number of hydrogen-bond donors (Lipinski definition) is 1. The molecule has 2 heterocycles. The second-order valence-electron chi connectivity index (χ2n) is 6.95. The Kier molecular flexibility index (Phi) is 4.72. The Morgan fingerprint density at radius 1 is 1.23 bits per heavy atom. The number of fused-ring (bicyclic) bond motifs is 1. The molecular formula is C20H23ClN4O. The fraction of sp³-hybridized carbons (Fsp3) is 0.400. The van der Waals surface area contributed by atoms with Crippen molar-refractivity contribution in [3.63, 3.8) is 0 Å². The number of anilines is 1. The number of unbranched alkanes of at least 4 members (excludes halogenated alkanes) is 2. The molecule has 1 N–H and O–H groups in total. The van der Waals surface area contributed by atoms with Gasteiger partial charge in [-0.3, -0.25) is 13.8 Å². The fourth-order valence-corrected chi connectivity index (χ4v) is 3.28. The Morgan fingerprint density at radius 2 is 2.00 bits per heavy atom. The number of rotatable bonds is 7. The molecule has 0 radical (unpaired) electrons. The normalized spacial score (nSPS) is 14.1. The molecule has 0 bridgehead atoms. The van der Waals surface area contributed by atoms with Crippen LogP contribution in [0.5, 0.6) is 0 Å². The third-order valence-electron chi connectivity index (χ3n) is 4.77. The molecule has 0 aliphatic heterocycles. The zero-order valence-corrected chi connectivity index (χ0v) is 15.7. The average Bonchev–Trinajstić information content (AvgIpc) is 3.33. The first-order valence-corrected chi connectivity index (χ1v) is 9.69. The van der Waals surface area contributed by atoms with Crippen LogP contribution in [0.4, 0.5) is 5.82 Å². The van der Waals surface area contributed by atoms with Crippen molar-refractivity contribution < 1.29 is 0 Å². The van der Waals surface area contributed by atoms with Crippen molar-refractivity contribution in [3.8, 4) is 11.3 Å². The topological polar surface area (TPSA) is 51.3 Å². The molecule has 5 nitrogen and oxygen atoms in total. The van der Waals surface area contributed by atoms with Crippen molar-refractivity contribution in [2.45, 2.75) is 51.6 Å². The van der Waals surface area contributed by atoms with E-state index in [1.165, 1.54) is 12.8 Å². The number of imidazole rings is 1. The van der Waals surface area contributed by atoms with Gasteiger partial charge in [-0.25, -0.2) is 4.98 Å². The molecule has 0 saturated heterocycles. The molecule has 1 aromatic carbocycles. The zero-order valence-electron chi connectivity index (χ0n) is 14.9. The summed E-state index contributed by atoms with van der Waals surface area (Å²) in [5.74, 6) is 1.58. The number of nitrogens with one attached hydrogen (secondary N) is 1. The Labute approximate surface area is 157 Å². The molecule has 1 aliphatic rings. The van der Waals surface area contributed by atoms with Crippen LogP contribution in [0.25, 0.3) is 17.0 Å². The number of halogens is 1. The van der Waals surface area contributed by atoms with Crippen LogP contribution in [-0.2, 0) is 6.54 Å². The van der Waals surface area contributed by atoms with E-state index in [4.69, 9.17) is 16.6 Å². The zero-order chi connectivity index (χ0) is 18.1. The van der Waals surface area contributed by atoms with E-state index in [0.717, 1.165) is 42.9 Å². The minimum atomic E-state index is -0.0531. The van der Waals surface area contributed by atoms with Crippen LogP contribution in [0.1, 0.15) is 39.0 Å². The maximum Gasteiger partial charge on any atom is 0.261 e. The lowest BCUT2D eigenvalue weighted by molar-refractivity contribution is 0.604. The maximum absolute atomic E-state index is 12.6. The fourth-order valence-electron chi connectivity index (χ4n) is 3.15. The smallest absolute Gasteiger partial charge is 0.261 e. The first kappa shape index (κ1) is 17.2. The quantitative estimate of drug-likeness (QED) is 0.619. The van der Waals surface area contributed by atoms with Gasteiger partial charge in [0.15, 0.2) is 0 Å². The standard InChI is InChI=1S/C20H23ClN4O/c1-2-3-4-11-24-18(22-16-9-10-16)12-19(26)25-13-17(23-20(24)25)14-5-7-15(21)8-6-14/h5-8,12-13,16,22H,2-4,9-11H2,1H3. The number of nitrogens with zero attached hydrogens (tertiary/aromatic N) is 3. The van der Waals surface area contributed by atoms with Crippen molar-refractivity contribution in [1.82, 2.24) is 14.0 Å². The summed E-state index contributed by atoms with van der Waals surface area (Å²) >= 11 is 5.99. The lowest BCUT2D eigenvalue weighted by Gasteiger charge is -2.15. The largest absolute Gasteiger partial charge is 0.368 e. The minimum absolute atomic E-state index is 0.0531.